The predicted octanol–water partition coefficient (Wildman–Crippen LogP) is 8.14. The fraction of sp³-hybridized carbons (Fsp3) is 0.862. The molecule has 2 nitrogen and oxygen atoms in total. The first-order valence-corrected chi connectivity index (χ1v) is 13.3. The minimum absolute atomic E-state index is 0.177. The fourth-order valence-electron chi connectivity index (χ4n) is 7.62. The second-order valence-corrected chi connectivity index (χ2v) is 12.5. The molecule has 0 saturated heterocycles. The van der Waals surface area contributed by atoms with Crippen LogP contribution < -0.4 is 0 Å². The van der Waals surface area contributed by atoms with Crippen LogP contribution in [0.3, 0.4) is 0 Å². The Morgan fingerprint density at radius 2 is 1.84 bits per heavy atom. The summed E-state index contributed by atoms with van der Waals surface area (Å²) in [7, 11) is 1.88. The summed E-state index contributed by atoms with van der Waals surface area (Å²) in [6.07, 6.45) is 16.8. The normalized spacial score (nSPS) is 41.8. The summed E-state index contributed by atoms with van der Waals surface area (Å²) in [5.74, 6) is 7.10. The van der Waals surface area contributed by atoms with Crippen LogP contribution >= 0.6 is 0 Å². The molecule has 2 fully saturated rings. The maximum atomic E-state index is 6.83. The van der Waals surface area contributed by atoms with E-state index in [2.05, 4.69) is 53.7 Å². The molecule has 176 valence electrons. The summed E-state index contributed by atoms with van der Waals surface area (Å²) in [5, 5.41) is 0. The third kappa shape index (κ3) is 4.16. The highest BCUT2D eigenvalue weighted by Crippen LogP contribution is 2.61. The molecule has 4 rings (SSSR count). The molecule has 0 aromatic heterocycles. The van der Waals surface area contributed by atoms with E-state index >= 15 is 0 Å². The molecule has 0 amide bonds. The molecule has 8 atom stereocenters. The molecular formula is C29H48O2. The van der Waals surface area contributed by atoms with Crippen molar-refractivity contribution < 1.29 is 9.47 Å². The fourth-order valence-corrected chi connectivity index (χ4v) is 7.62. The topological polar surface area (TPSA) is 18.5 Å². The summed E-state index contributed by atoms with van der Waals surface area (Å²) in [4.78, 5) is 0. The van der Waals surface area contributed by atoms with Gasteiger partial charge >= 0.3 is 0 Å². The number of fused-ring (bicyclic) bond motifs is 6. The van der Waals surface area contributed by atoms with E-state index in [0.717, 1.165) is 36.5 Å². The van der Waals surface area contributed by atoms with Gasteiger partial charge in [0.05, 0.1) is 6.10 Å². The molecule has 0 unspecified atom stereocenters. The standard InChI is InChI=1S/C29H48O2/c1-19(2)20(3)8-9-21(4)24-11-12-25-26-13-10-22-18-23(30-7)14-16-28(22,5)27(31-26)15-17-29(24,25)6/h13,15,19-25H,8-12,14,16-18H2,1-7H3/t20-,21-,22+,23+,24-,25+,28+,29-/m1/s1. The first kappa shape index (κ1) is 23.4. The van der Waals surface area contributed by atoms with Gasteiger partial charge in [-0.15, -0.1) is 0 Å². The Morgan fingerprint density at radius 3 is 2.55 bits per heavy atom. The first-order chi connectivity index (χ1) is 14.7. The Morgan fingerprint density at radius 1 is 1.06 bits per heavy atom. The monoisotopic (exact) mass is 428 g/mol. The summed E-state index contributed by atoms with van der Waals surface area (Å²) in [6, 6.07) is 0. The Hall–Kier alpha value is -0.760. The van der Waals surface area contributed by atoms with Crippen LogP contribution in [0.5, 0.6) is 0 Å². The molecule has 2 saturated carbocycles. The van der Waals surface area contributed by atoms with E-state index in [1.165, 1.54) is 56.5 Å². The number of rotatable bonds is 6. The predicted molar refractivity (Wildman–Crippen MR) is 129 cm³/mol. The van der Waals surface area contributed by atoms with Gasteiger partial charge in [0, 0.05) is 18.4 Å². The van der Waals surface area contributed by atoms with Crippen molar-refractivity contribution in [2.45, 2.75) is 105 Å². The highest BCUT2D eigenvalue weighted by molar-refractivity contribution is 5.25. The van der Waals surface area contributed by atoms with Crippen LogP contribution in [-0.2, 0) is 9.47 Å². The Balaban J connectivity index is 1.55. The molecule has 0 radical (unpaired) electrons. The van der Waals surface area contributed by atoms with Crippen LogP contribution in [0.25, 0.3) is 0 Å². The van der Waals surface area contributed by atoms with Crippen molar-refractivity contribution in [3.63, 3.8) is 0 Å². The van der Waals surface area contributed by atoms with Gasteiger partial charge in [0.15, 0.2) is 0 Å². The van der Waals surface area contributed by atoms with Crippen LogP contribution in [0.2, 0.25) is 0 Å². The molecule has 2 heteroatoms. The van der Waals surface area contributed by atoms with Crippen molar-refractivity contribution in [3.8, 4) is 0 Å². The van der Waals surface area contributed by atoms with Gasteiger partial charge < -0.3 is 9.47 Å². The highest BCUT2D eigenvalue weighted by atomic mass is 16.5. The van der Waals surface area contributed by atoms with Crippen molar-refractivity contribution in [2.24, 2.45) is 46.3 Å². The average Bonchev–Trinajstić information content (AvgIpc) is 2.92. The number of ether oxygens (including phenoxy) is 2. The zero-order chi connectivity index (χ0) is 22.4. The van der Waals surface area contributed by atoms with Gasteiger partial charge in [0.1, 0.15) is 11.5 Å². The van der Waals surface area contributed by atoms with Crippen molar-refractivity contribution in [1.29, 1.82) is 0 Å². The molecule has 2 aliphatic heterocycles. The van der Waals surface area contributed by atoms with Crippen molar-refractivity contribution in [1.82, 2.24) is 0 Å². The van der Waals surface area contributed by atoms with Gasteiger partial charge in [-0.05, 0) is 92.1 Å². The summed E-state index contributed by atoms with van der Waals surface area (Å²) in [5.41, 5.74) is 0.525. The number of allylic oxidation sites excluding steroid dienone is 4. The van der Waals surface area contributed by atoms with Crippen molar-refractivity contribution in [2.75, 3.05) is 7.11 Å². The Labute approximate surface area is 192 Å². The molecule has 0 N–H and O–H groups in total. The molecule has 0 aromatic rings. The maximum Gasteiger partial charge on any atom is 0.106 e. The van der Waals surface area contributed by atoms with Gasteiger partial charge in [-0.1, -0.05) is 54.4 Å². The summed E-state index contributed by atoms with van der Waals surface area (Å²) < 4.78 is 12.6. The number of hydrogen-bond acceptors (Lipinski definition) is 2. The highest BCUT2D eigenvalue weighted by Gasteiger charge is 2.54. The van der Waals surface area contributed by atoms with Crippen LogP contribution in [0, 0.1) is 46.3 Å². The van der Waals surface area contributed by atoms with Crippen LogP contribution in [0.15, 0.2) is 23.7 Å². The molecule has 2 aliphatic carbocycles. The van der Waals surface area contributed by atoms with Crippen molar-refractivity contribution in [3.05, 3.63) is 23.7 Å². The van der Waals surface area contributed by atoms with E-state index in [4.69, 9.17) is 9.47 Å². The van der Waals surface area contributed by atoms with Gasteiger partial charge in [-0.2, -0.15) is 0 Å². The molecule has 4 aliphatic rings. The zero-order valence-electron chi connectivity index (χ0n) is 21.4. The average molecular weight is 429 g/mol. The number of methoxy groups -OCH3 is 1. The molecule has 0 spiro atoms. The van der Waals surface area contributed by atoms with Crippen LogP contribution in [0.1, 0.15) is 99.3 Å². The lowest BCUT2D eigenvalue weighted by Crippen LogP contribution is -2.38. The van der Waals surface area contributed by atoms with E-state index < -0.39 is 0 Å². The van der Waals surface area contributed by atoms with Gasteiger partial charge in [-0.3, -0.25) is 0 Å². The lowest BCUT2D eigenvalue weighted by Gasteiger charge is -2.43. The van der Waals surface area contributed by atoms with E-state index in [0.29, 0.717) is 23.4 Å². The molecular weight excluding hydrogens is 380 g/mol. The van der Waals surface area contributed by atoms with Gasteiger partial charge in [0.2, 0.25) is 0 Å². The third-order valence-corrected chi connectivity index (χ3v) is 10.5. The molecule has 2 heterocycles. The Kier molecular flexibility index (Phi) is 6.70. The van der Waals surface area contributed by atoms with E-state index in [9.17, 15) is 0 Å². The second-order valence-electron chi connectivity index (χ2n) is 12.5. The summed E-state index contributed by atoms with van der Waals surface area (Å²) in [6.45, 7) is 14.8. The van der Waals surface area contributed by atoms with Crippen LogP contribution in [0.4, 0.5) is 0 Å². The van der Waals surface area contributed by atoms with Gasteiger partial charge in [-0.25, -0.2) is 0 Å². The lowest BCUT2D eigenvalue weighted by molar-refractivity contribution is -0.00758. The number of hydrogen-bond donors (Lipinski definition) is 0. The molecule has 0 aromatic carbocycles. The first-order valence-electron chi connectivity index (χ1n) is 13.3. The minimum Gasteiger partial charge on any atom is -0.466 e. The van der Waals surface area contributed by atoms with E-state index in [1.807, 2.05) is 7.11 Å². The van der Waals surface area contributed by atoms with Crippen LogP contribution in [-0.4, -0.2) is 13.2 Å². The van der Waals surface area contributed by atoms with Gasteiger partial charge in [0.25, 0.3) is 0 Å². The third-order valence-electron chi connectivity index (χ3n) is 10.5. The van der Waals surface area contributed by atoms with E-state index in [-0.39, 0.29) is 5.41 Å². The SMILES string of the molecule is CO[C@H]1CC[C@]2(C)C3=CC[C@]4(C)[C@@H]([C@H](C)CC[C@@H](C)C(C)C)CC[C@H]4C(=CC[C@H]2C1)O3. The Bertz CT molecular complexity index is 706. The quantitative estimate of drug-likeness (QED) is 0.425. The van der Waals surface area contributed by atoms with Crippen molar-refractivity contribution >= 4 is 0 Å². The van der Waals surface area contributed by atoms with E-state index in [1.54, 1.807) is 0 Å². The minimum atomic E-state index is 0.177. The smallest absolute Gasteiger partial charge is 0.106 e. The largest absolute Gasteiger partial charge is 0.466 e. The molecule has 31 heavy (non-hydrogen) atoms. The second kappa shape index (κ2) is 8.88. The maximum absolute atomic E-state index is 6.83. The molecule has 2 bridgehead atoms. The lowest BCUT2D eigenvalue weighted by atomic mass is 9.62. The summed E-state index contributed by atoms with van der Waals surface area (Å²) >= 11 is 0. The zero-order valence-corrected chi connectivity index (χ0v) is 21.4.